The van der Waals surface area contributed by atoms with Crippen molar-refractivity contribution in [1.29, 1.82) is 5.26 Å². The average Bonchev–Trinajstić information content (AvgIpc) is 3.22. The Bertz CT molecular complexity index is 541. The summed E-state index contributed by atoms with van der Waals surface area (Å²) in [6.45, 7) is 0.405. The van der Waals surface area contributed by atoms with Crippen LogP contribution in [0.1, 0.15) is 28.8 Å². The van der Waals surface area contributed by atoms with Crippen LogP contribution in [-0.2, 0) is 4.79 Å². The molecule has 0 unspecified atom stereocenters. The summed E-state index contributed by atoms with van der Waals surface area (Å²) in [5.41, 5.74) is 1.08. The van der Waals surface area contributed by atoms with Crippen molar-refractivity contribution in [3.8, 4) is 6.07 Å². The number of amides is 1. The van der Waals surface area contributed by atoms with Crippen LogP contribution < -0.4 is 5.32 Å². The van der Waals surface area contributed by atoms with Gasteiger partial charge in [-0.3, -0.25) is 14.5 Å². The lowest BCUT2D eigenvalue weighted by Gasteiger charge is -2.15. The Kier molecular flexibility index (Phi) is 4.49. The second-order valence-corrected chi connectivity index (χ2v) is 5.13. The van der Waals surface area contributed by atoms with E-state index in [1.807, 2.05) is 6.07 Å². The number of carbonyl (C=O) groups excluding carboxylic acids is 2. The molecule has 1 aromatic rings. The van der Waals surface area contributed by atoms with Gasteiger partial charge in [0.25, 0.3) is 0 Å². The van der Waals surface area contributed by atoms with E-state index >= 15 is 0 Å². The van der Waals surface area contributed by atoms with Crippen LogP contribution in [0.4, 0.5) is 0 Å². The number of nitrogens with zero attached hydrogens (tertiary/aromatic N) is 2. The summed E-state index contributed by atoms with van der Waals surface area (Å²) in [4.78, 5) is 25.3. The van der Waals surface area contributed by atoms with Crippen LogP contribution in [0, 0.1) is 11.3 Å². The maximum atomic E-state index is 12.0. The molecule has 0 radical (unpaired) electrons. The maximum Gasteiger partial charge on any atom is 0.234 e. The minimum absolute atomic E-state index is 0.0392. The fourth-order valence-electron chi connectivity index (χ4n) is 1.87. The Morgan fingerprint density at radius 3 is 2.50 bits per heavy atom. The summed E-state index contributed by atoms with van der Waals surface area (Å²) in [5, 5.41) is 11.6. The van der Waals surface area contributed by atoms with Gasteiger partial charge in [0.15, 0.2) is 5.78 Å². The van der Waals surface area contributed by atoms with E-state index in [4.69, 9.17) is 5.26 Å². The lowest BCUT2D eigenvalue weighted by Crippen LogP contribution is -2.38. The van der Waals surface area contributed by atoms with E-state index in [1.54, 1.807) is 36.2 Å². The van der Waals surface area contributed by atoms with Crippen LogP contribution in [0.25, 0.3) is 0 Å². The quantitative estimate of drug-likeness (QED) is 0.782. The first-order valence-electron chi connectivity index (χ1n) is 6.60. The second kappa shape index (κ2) is 6.31. The molecule has 0 saturated heterocycles. The monoisotopic (exact) mass is 271 g/mol. The number of Topliss-reactive ketones (excluding diaryl/α,β-unsaturated/α-hetero) is 1. The van der Waals surface area contributed by atoms with E-state index in [2.05, 4.69) is 5.32 Å². The maximum absolute atomic E-state index is 12.0. The molecule has 1 aliphatic rings. The van der Waals surface area contributed by atoms with E-state index in [0.29, 0.717) is 17.2 Å². The number of benzene rings is 1. The highest BCUT2D eigenvalue weighted by atomic mass is 16.2. The summed E-state index contributed by atoms with van der Waals surface area (Å²) in [7, 11) is 1.74. The highest BCUT2D eigenvalue weighted by molar-refractivity contribution is 5.97. The summed E-state index contributed by atoms with van der Waals surface area (Å²) >= 11 is 0. The number of nitriles is 1. The zero-order valence-electron chi connectivity index (χ0n) is 11.4. The van der Waals surface area contributed by atoms with E-state index < -0.39 is 0 Å². The van der Waals surface area contributed by atoms with Gasteiger partial charge < -0.3 is 5.32 Å². The molecule has 1 N–H and O–H groups in total. The minimum atomic E-state index is -0.0591. The number of nitrogens with one attached hydrogen (secondary N) is 1. The summed E-state index contributed by atoms with van der Waals surface area (Å²) in [6, 6.07) is 8.86. The summed E-state index contributed by atoms with van der Waals surface area (Å²) < 4.78 is 0. The van der Waals surface area contributed by atoms with Gasteiger partial charge >= 0.3 is 0 Å². The second-order valence-electron chi connectivity index (χ2n) is 5.13. The van der Waals surface area contributed by atoms with Crippen molar-refractivity contribution in [2.75, 3.05) is 20.1 Å². The zero-order chi connectivity index (χ0) is 14.5. The Morgan fingerprint density at radius 1 is 1.30 bits per heavy atom. The van der Waals surface area contributed by atoms with Gasteiger partial charge in [-0.1, -0.05) is 12.1 Å². The van der Waals surface area contributed by atoms with Gasteiger partial charge in [-0.15, -0.1) is 0 Å². The van der Waals surface area contributed by atoms with Crippen molar-refractivity contribution in [2.45, 2.75) is 18.9 Å². The van der Waals surface area contributed by atoms with E-state index in [9.17, 15) is 9.59 Å². The first-order chi connectivity index (χ1) is 9.58. The van der Waals surface area contributed by atoms with Crippen molar-refractivity contribution in [2.24, 2.45) is 0 Å². The minimum Gasteiger partial charge on any atom is -0.352 e. The average molecular weight is 271 g/mol. The highest BCUT2D eigenvalue weighted by Gasteiger charge is 2.23. The molecule has 20 heavy (non-hydrogen) atoms. The molecule has 0 aliphatic heterocycles. The van der Waals surface area contributed by atoms with Gasteiger partial charge in [-0.05, 0) is 32.0 Å². The Morgan fingerprint density at radius 2 is 1.95 bits per heavy atom. The van der Waals surface area contributed by atoms with Gasteiger partial charge in [0.1, 0.15) is 0 Å². The third kappa shape index (κ3) is 4.18. The molecule has 1 aliphatic carbocycles. The first-order valence-corrected chi connectivity index (χ1v) is 6.60. The van der Waals surface area contributed by atoms with Crippen LogP contribution >= 0.6 is 0 Å². The van der Waals surface area contributed by atoms with Crippen LogP contribution in [0.5, 0.6) is 0 Å². The molecular formula is C15H17N3O2. The molecule has 104 valence electrons. The smallest absolute Gasteiger partial charge is 0.234 e. The van der Waals surface area contributed by atoms with Gasteiger partial charge in [-0.25, -0.2) is 0 Å². The van der Waals surface area contributed by atoms with Crippen molar-refractivity contribution < 1.29 is 9.59 Å². The van der Waals surface area contributed by atoms with Crippen molar-refractivity contribution in [3.05, 3.63) is 35.4 Å². The van der Waals surface area contributed by atoms with Crippen LogP contribution in [0.2, 0.25) is 0 Å². The Hall–Kier alpha value is -2.19. The van der Waals surface area contributed by atoms with Crippen molar-refractivity contribution in [3.63, 3.8) is 0 Å². The van der Waals surface area contributed by atoms with Crippen LogP contribution in [-0.4, -0.2) is 42.8 Å². The molecule has 0 bridgehead atoms. The van der Waals surface area contributed by atoms with E-state index in [1.165, 1.54) is 0 Å². The number of ketones is 1. The van der Waals surface area contributed by atoms with Crippen molar-refractivity contribution >= 4 is 11.7 Å². The SMILES string of the molecule is CN(CC(=O)NC1CC1)CC(=O)c1ccc(C#N)cc1. The largest absolute Gasteiger partial charge is 0.352 e. The predicted molar refractivity (Wildman–Crippen MR) is 74.1 cm³/mol. The van der Waals surface area contributed by atoms with Gasteiger partial charge in [0.05, 0.1) is 24.7 Å². The van der Waals surface area contributed by atoms with Crippen LogP contribution in [0.15, 0.2) is 24.3 Å². The molecule has 1 fully saturated rings. The van der Waals surface area contributed by atoms with E-state index in [-0.39, 0.29) is 24.8 Å². The number of hydrogen-bond donors (Lipinski definition) is 1. The van der Waals surface area contributed by atoms with Crippen molar-refractivity contribution in [1.82, 2.24) is 10.2 Å². The molecule has 1 amide bonds. The molecule has 0 spiro atoms. The van der Waals surface area contributed by atoms with Crippen LogP contribution in [0.3, 0.4) is 0 Å². The highest BCUT2D eigenvalue weighted by Crippen LogP contribution is 2.18. The standard InChI is InChI=1S/C15H17N3O2/c1-18(10-15(20)17-13-6-7-13)9-14(19)12-4-2-11(8-16)3-5-12/h2-5,13H,6-7,9-10H2,1H3,(H,17,20). The number of carbonyl (C=O) groups is 2. The Labute approximate surface area is 118 Å². The number of rotatable bonds is 6. The third-order valence-electron chi connectivity index (χ3n) is 3.11. The molecule has 0 atom stereocenters. The fourth-order valence-corrected chi connectivity index (χ4v) is 1.87. The Balaban J connectivity index is 1.82. The molecule has 0 heterocycles. The third-order valence-corrected chi connectivity index (χ3v) is 3.11. The molecule has 1 aromatic carbocycles. The number of likely N-dealkylation sites (N-methyl/N-ethyl adjacent to an activating group) is 1. The molecule has 2 rings (SSSR count). The fraction of sp³-hybridized carbons (Fsp3) is 0.400. The van der Waals surface area contributed by atoms with E-state index in [0.717, 1.165) is 12.8 Å². The number of hydrogen-bond acceptors (Lipinski definition) is 4. The normalized spacial score (nSPS) is 13.8. The predicted octanol–water partition coefficient (Wildman–Crippen LogP) is 0.951. The van der Waals surface area contributed by atoms with Gasteiger partial charge in [-0.2, -0.15) is 5.26 Å². The first kappa shape index (κ1) is 14.2. The molecule has 5 heteroatoms. The molecular weight excluding hydrogens is 254 g/mol. The zero-order valence-corrected chi connectivity index (χ0v) is 11.4. The summed E-state index contributed by atoms with van der Waals surface area (Å²) in [5.74, 6) is -0.0983. The molecule has 0 aromatic heterocycles. The lowest BCUT2D eigenvalue weighted by atomic mass is 10.1. The van der Waals surface area contributed by atoms with Gasteiger partial charge in [0, 0.05) is 11.6 Å². The lowest BCUT2D eigenvalue weighted by molar-refractivity contribution is -0.121. The summed E-state index contributed by atoms with van der Waals surface area (Å²) in [6.07, 6.45) is 2.11. The topological polar surface area (TPSA) is 73.2 Å². The molecule has 1 saturated carbocycles. The van der Waals surface area contributed by atoms with Gasteiger partial charge in [0.2, 0.25) is 5.91 Å². The molecule has 5 nitrogen and oxygen atoms in total.